The van der Waals surface area contributed by atoms with Gasteiger partial charge >= 0.3 is 6.03 Å². The number of carbonyl (C=O) groups is 2. The van der Waals surface area contributed by atoms with Gasteiger partial charge in [-0.1, -0.05) is 35.1 Å². The van der Waals surface area contributed by atoms with Crippen molar-refractivity contribution in [1.82, 2.24) is 15.2 Å². The van der Waals surface area contributed by atoms with E-state index in [4.69, 9.17) is 16.3 Å². The summed E-state index contributed by atoms with van der Waals surface area (Å²) in [5, 5.41) is 5.17. The summed E-state index contributed by atoms with van der Waals surface area (Å²) < 4.78 is 32.2. The first-order valence-electron chi connectivity index (χ1n) is 11.0. The molecule has 0 aliphatic carbocycles. The van der Waals surface area contributed by atoms with Crippen LogP contribution in [0.5, 0.6) is 0 Å². The third kappa shape index (κ3) is 6.36. The van der Waals surface area contributed by atoms with Crippen LogP contribution in [0.1, 0.15) is 24.2 Å². The normalized spacial score (nSPS) is 18.9. The molecule has 186 valence electrons. The predicted octanol–water partition coefficient (Wildman–Crippen LogP) is 3.79. The molecule has 1 aliphatic heterocycles. The van der Waals surface area contributed by atoms with E-state index >= 15 is 0 Å². The zero-order chi connectivity index (χ0) is 25.2. The highest BCUT2D eigenvalue weighted by molar-refractivity contribution is 7.91. The Labute approximate surface area is 212 Å². The van der Waals surface area contributed by atoms with E-state index in [9.17, 15) is 18.0 Å². The average Bonchev–Trinajstić information content (AvgIpc) is 3.18. The molecular weight excluding hydrogens is 512 g/mol. The van der Waals surface area contributed by atoms with Crippen molar-refractivity contribution in [2.75, 3.05) is 30.7 Å². The van der Waals surface area contributed by atoms with Crippen molar-refractivity contribution in [2.45, 2.75) is 31.0 Å². The molecule has 0 spiro atoms. The lowest BCUT2D eigenvalue weighted by Gasteiger charge is -2.35. The summed E-state index contributed by atoms with van der Waals surface area (Å²) in [4.78, 5) is 31.1. The van der Waals surface area contributed by atoms with Crippen molar-refractivity contribution >= 4 is 60.1 Å². The van der Waals surface area contributed by atoms with Gasteiger partial charge in [0, 0.05) is 19.6 Å². The molecule has 3 aromatic rings. The fourth-order valence-corrected chi connectivity index (χ4v) is 6.43. The number of ether oxygens (including phenoxy) is 1. The van der Waals surface area contributed by atoms with Gasteiger partial charge in [-0.05, 0) is 44.2 Å². The van der Waals surface area contributed by atoms with Gasteiger partial charge in [0.2, 0.25) is 0 Å². The maximum absolute atomic E-state index is 12.9. The Morgan fingerprint density at radius 1 is 1.17 bits per heavy atom. The Hall–Kier alpha value is -2.57. The van der Waals surface area contributed by atoms with Crippen molar-refractivity contribution < 1.29 is 22.7 Å². The van der Waals surface area contributed by atoms with Crippen molar-refractivity contribution in [2.24, 2.45) is 0 Å². The van der Waals surface area contributed by atoms with Crippen LogP contribution in [-0.4, -0.2) is 67.8 Å². The minimum Gasteiger partial charge on any atom is -0.373 e. The smallest absolute Gasteiger partial charge is 0.327 e. The summed E-state index contributed by atoms with van der Waals surface area (Å²) in [6.07, 6.45) is 0.135. The van der Waals surface area contributed by atoms with Gasteiger partial charge in [0.25, 0.3) is 5.91 Å². The molecule has 0 radical (unpaired) electrons. The predicted molar refractivity (Wildman–Crippen MR) is 136 cm³/mol. The molecule has 2 heterocycles. The van der Waals surface area contributed by atoms with E-state index in [1.54, 1.807) is 30.3 Å². The van der Waals surface area contributed by atoms with Gasteiger partial charge in [-0.2, -0.15) is 0 Å². The topological polar surface area (TPSA) is 118 Å². The van der Waals surface area contributed by atoms with Gasteiger partial charge in [0.1, 0.15) is 0 Å². The summed E-state index contributed by atoms with van der Waals surface area (Å²) in [6.45, 7) is 5.78. The summed E-state index contributed by atoms with van der Waals surface area (Å²) in [5.74, 6) is -0.652. The monoisotopic (exact) mass is 536 g/mol. The number of imide groups is 1. The third-order valence-corrected chi connectivity index (χ3v) is 8.41. The SMILES string of the molecule is CC1CN(CCS(=O)(=O)c2ccc3nc(NC(=O)NC(=O)c4ccccc4Cl)sc3c2)CC(C)O1. The highest BCUT2D eigenvalue weighted by Crippen LogP contribution is 2.28. The Balaban J connectivity index is 1.40. The van der Waals surface area contributed by atoms with E-state index in [2.05, 4.69) is 20.5 Å². The second kappa shape index (κ2) is 10.6. The molecule has 0 bridgehead atoms. The summed E-state index contributed by atoms with van der Waals surface area (Å²) >= 11 is 7.10. The number of carbonyl (C=O) groups excluding carboxylic acids is 2. The van der Waals surface area contributed by atoms with Crippen molar-refractivity contribution in [3.63, 3.8) is 0 Å². The number of halogens is 1. The van der Waals surface area contributed by atoms with E-state index < -0.39 is 21.8 Å². The maximum atomic E-state index is 12.9. The van der Waals surface area contributed by atoms with Gasteiger partial charge in [-0.15, -0.1) is 0 Å². The standard InChI is InChI=1S/C23H25ClN4O5S2/c1-14-12-28(13-15(2)33-14)9-10-35(31,32)16-7-8-19-20(11-16)34-23(25-19)27-22(30)26-21(29)17-5-3-4-6-18(17)24/h3-8,11,14-15H,9-10,12-13H2,1-2H3,(H2,25,26,27,29,30). The van der Waals surface area contributed by atoms with Gasteiger partial charge in [0.15, 0.2) is 15.0 Å². The maximum Gasteiger partial charge on any atom is 0.327 e. The average molecular weight is 537 g/mol. The van der Waals surface area contributed by atoms with Gasteiger partial charge in [0.05, 0.1) is 43.7 Å². The molecule has 9 nitrogen and oxygen atoms in total. The summed E-state index contributed by atoms with van der Waals surface area (Å²) in [6, 6.07) is 10.3. The van der Waals surface area contributed by atoms with E-state index in [0.717, 1.165) is 11.3 Å². The molecule has 0 saturated carbocycles. The van der Waals surface area contributed by atoms with Crippen LogP contribution in [0.3, 0.4) is 0 Å². The first-order valence-corrected chi connectivity index (χ1v) is 13.8. The number of anilines is 1. The van der Waals surface area contributed by atoms with Crippen molar-refractivity contribution in [1.29, 1.82) is 0 Å². The Morgan fingerprint density at radius 3 is 2.60 bits per heavy atom. The van der Waals surface area contributed by atoms with E-state index in [1.807, 2.05) is 13.8 Å². The summed E-state index contributed by atoms with van der Waals surface area (Å²) in [5.41, 5.74) is 0.710. The molecule has 3 amide bonds. The number of amides is 3. The van der Waals surface area contributed by atoms with Crippen molar-refractivity contribution in [3.05, 3.63) is 53.1 Å². The summed E-state index contributed by atoms with van der Waals surface area (Å²) in [7, 11) is -3.51. The number of hydrogen-bond donors (Lipinski definition) is 2. The minimum atomic E-state index is -3.51. The minimum absolute atomic E-state index is 0.00554. The van der Waals surface area contributed by atoms with Gasteiger partial charge in [-0.25, -0.2) is 18.2 Å². The number of morpholine rings is 1. The Kier molecular flexibility index (Phi) is 7.72. The van der Waals surface area contributed by atoms with Crippen molar-refractivity contribution in [3.8, 4) is 0 Å². The van der Waals surface area contributed by atoms with Crippen LogP contribution in [0.25, 0.3) is 10.2 Å². The number of urea groups is 1. The molecule has 1 fully saturated rings. The zero-order valence-corrected chi connectivity index (χ0v) is 21.5. The number of thiazole rings is 1. The molecule has 2 atom stereocenters. The molecule has 4 rings (SSSR count). The number of nitrogens with one attached hydrogen (secondary N) is 2. The molecule has 1 saturated heterocycles. The van der Waals surface area contributed by atoms with E-state index in [-0.39, 0.29) is 38.6 Å². The van der Waals surface area contributed by atoms with Gasteiger partial charge < -0.3 is 4.74 Å². The van der Waals surface area contributed by atoms with Crippen LogP contribution in [0.4, 0.5) is 9.93 Å². The lowest BCUT2D eigenvalue weighted by Crippen LogP contribution is -2.46. The molecule has 1 aromatic heterocycles. The molecule has 12 heteroatoms. The molecule has 1 aliphatic rings. The molecule has 2 unspecified atom stereocenters. The molecular formula is C23H25ClN4O5S2. The number of aromatic nitrogens is 1. The first-order chi connectivity index (χ1) is 16.6. The van der Waals surface area contributed by atoms with E-state index in [1.165, 1.54) is 12.1 Å². The molecule has 35 heavy (non-hydrogen) atoms. The number of rotatable bonds is 6. The highest BCUT2D eigenvalue weighted by atomic mass is 35.5. The van der Waals surface area contributed by atoms with Crippen LogP contribution in [-0.2, 0) is 14.6 Å². The van der Waals surface area contributed by atoms with Crippen LogP contribution >= 0.6 is 22.9 Å². The number of hydrogen-bond acceptors (Lipinski definition) is 8. The van der Waals surface area contributed by atoms with Crippen LogP contribution in [0.2, 0.25) is 5.02 Å². The number of sulfone groups is 1. The van der Waals surface area contributed by atoms with Crippen LogP contribution < -0.4 is 10.6 Å². The fourth-order valence-electron chi connectivity index (χ4n) is 3.93. The largest absolute Gasteiger partial charge is 0.373 e. The van der Waals surface area contributed by atoms with Crippen LogP contribution in [0, 0.1) is 0 Å². The highest BCUT2D eigenvalue weighted by Gasteiger charge is 2.24. The second-order valence-corrected chi connectivity index (χ2v) is 11.9. The number of nitrogens with zero attached hydrogens (tertiary/aromatic N) is 2. The second-order valence-electron chi connectivity index (χ2n) is 8.37. The Bertz CT molecular complexity index is 1350. The lowest BCUT2D eigenvalue weighted by molar-refractivity contribution is -0.0662. The van der Waals surface area contributed by atoms with E-state index in [0.29, 0.717) is 29.9 Å². The molecule has 2 N–H and O–H groups in total. The fraction of sp³-hybridized carbons (Fsp3) is 0.348. The first kappa shape index (κ1) is 25.5. The lowest BCUT2D eigenvalue weighted by atomic mass is 10.2. The third-order valence-electron chi connectivity index (χ3n) is 5.46. The zero-order valence-electron chi connectivity index (χ0n) is 19.2. The number of benzene rings is 2. The number of fused-ring (bicyclic) bond motifs is 1. The quantitative estimate of drug-likeness (QED) is 0.492. The Morgan fingerprint density at radius 2 is 1.89 bits per heavy atom. The molecule has 2 aromatic carbocycles. The van der Waals surface area contributed by atoms with Gasteiger partial charge in [-0.3, -0.25) is 20.3 Å². The van der Waals surface area contributed by atoms with Crippen LogP contribution in [0.15, 0.2) is 47.4 Å².